The van der Waals surface area contributed by atoms with Gasteiger partial charge < -0.3 is 5.32 Å². The van der Waals surface area contributed by atoms with Crippen molar-refractivity contribution < 1.29 is 0 Å². The summed E-state index contributed by atoms with van der Waals surface area (Å²) in [5, 5.41) is 3.44. The molecule has 0 saturated carbocycles. The lowest BCUT2D eigenvalue weighted by atomic mass is 9.81. The van der Waals surface area contributed by atoms with Gasteiger partial charge in [0.05, 0.1) is 0 Å². The van der Waals surface area contributed by atoms with E-state index >= 15 is 0 Å². The zero-order chi connectivity index (χ0) is 8.81. The summed E-state index contributed by atoms with van der Waals surface area (Å²) in [5.41, 5.74) is 0. The lowest BCUT2D eigenvalue weighted by Gasteiger charge is -2.29. The summed E-state index contributed by atoms with van der Waals surface area (Å²) in [6, 6.07) is 0. The third-order valence-corrected chi connectivity index (χ3v) is 3.23. The van der Waals surface area contributed by atoms with E-state index in [-0.39, 0.29) is 0 Å². The van der Waals surface area contributed by atoms with Crippen molar-refractivity contribution in [3.05, 3.63) is 0 Å². The van der Waals surface area contributed by atoms with Crippen LogP contribution in [0.1, 0.15) is 46.0 Å². The van der Waals surface area contributed by atoms with Crippen molar-refractivity contribution in [2.24, 2.45) is 11.8 Å². The smallest absolute Gasteiger partial charge is 0.00462 e. The van der Waals surface area contributed by atoms with Crippen LogP contribution in [0.3, 0.4) is 0 Å². The highest BCUT2D eigenvalue weighted by atomic mass is 14.9. The van der Waals surface area contributed by atoms with Gasteiger partial charge >= 0.3 is 0 Å². The molecule has 1 heterocycles. The first-order chi connectivity index (χ1) is 5.88. The number of rotatable bonds is 4. The van der Waals surface area contributed by atoms with E-state index in [1.807, 2.05) is 0 Å². The normalized spacial score (nSPS) is 22.5. The highest BCUT2D eigenvalue weighted by molar-refractivity contribution is 4.74. The van der Waals surface area contributed by atoms with Gasteiger partial charge in [0.2, 0.25) is 0 Å². The second kappa shape index (κ2) is 5.58. The molecule has 72 valence electrons. The third kappa shape index (κ3) is 2.78. The predicted octanol–water partition coefficient (Wildman–Crippen LogP) is 2.81. The number of hydrogen-bond donors (Lipinski definition) is 1. The summed E-state index contributed by atoms with van der Waals surface area (Å²) < 4.78 is 0. The molecule has 0 aromatic carbocycles. The zero-order valence-electron chi connectivity index (χ0n) is 8.60. The lowest BCUT2D eigenvalue weighted by molar-refractivity contribution is 0.239. The molecule has 1 saturated heterocycles. The largest absolute Gasteiger partial charge is 0.317 e. The Balaban J connectivity index is 2.29. The topological polar surface area (TPSA) is 12.0 Å². The standard InChI is InChI=1S/C11H23N/c1-3-5-10(4-2)11-6-8-12-9-7-11/h10-12H,3-9H2,1-2H3. The first kappa shape index (κ1) is 10.0. The summed E-state index contributed by atoms with van der Waals surface area (Å²) in [7, 11) is 0. The first-order valence-corrected chi connectivity index (χ1v) is 5.59. The molecule has 12 heavy (non-hydrogen) atoms. The van der Waals surface area contributed by atoms with Crippen LogP contribution in [-0.2, 0) is 0 Å². The minimum absolute atomic E-state index is 1.01. The van der Waals surface area contributed by atoms with Crippen molar-refractivity contribution in [2.75, 3.05) is 13.1 Å². The van der Waals surface area contributed by atoms with E-state index in [0.29, 0.717) is 0 Å². The van der Waals surface area contributed by atoms with Crippen molar-refractivity contribution >= 4 is 0 Å². The molecule has 1 aliphatic heterocycles. The number of hydrogen-bond acceptors (Lipinski definition) is 1. The van der Waals surface area contributed by atoms with Gasteiger partial charge in [0.25, 0.3) is 0 Å². The fraction of sp³-hybridized carbons (Fsp3) is 1.00. The van der Waals surface area contributed by atoms with E-state index in [1.54, 1.807) is 0 Å². The van der Waals surface area contributed by atoms with Crippen LogP contribution >= 0.6 is 0 Å². The van der Waals surface area contributed by atoms with Crippen LogP contribution in [0.15, 0.2) is 0 Å². The van der Waals surface area contributed by atoms with Crippen molar-refractivity contribution in [2.45, 2.75) is 46.0 Å². The quantitative estimate of drug-likeness (QED) is 0.682. The molecule has 0 aromatic rings. The van der Waals surface area contributed by atoms with Crippen LogP contribution in [0.4, 0.5) is 0 Å². The Morgan fingerprint density at radius 1 is 1.25 bits per heavy atom. The molecule has 1 unspecified atom stereocenters. The lowest BCUT2D eigenvalue weighted by Crippen LogP contribution is -2.31. The first-order valence-electron chi connectivity index (χ1n) is 5.59. The summed E-state index contributed by atoms with van der Waals surface area (Å²) in [5.74, 6) is 2.04. The van der Waals surface area contributed by atoms with Gasteiger partial charge in [-0.1, -0.05) is 33.1 Å². The highest BCUT2D eigenvalue weighted by Gasteiger charge is 2.20. The SMILES string of the molecule is CCCC(CC)C1CCNCC1. The van der Waals surface area contributed by atoms with E-state index < -0.39 is 0 Å². The van der Waals surface area contributed by atoms with Gasteiger partial charge in [-0.25, -0.2) is 0 Å². The molecule has 0 spiro atoms. The van der Waals surface area contributed by atoms with Gasteiger partial charge in [-0.3, -0.25) is 0 Å². The van der Waals surface area contributed by atoms with Gasteiger partial charge in [-0.15, -0.1) is 0 Å². The molecule has 0 amide bonds. The predicted molar refractivity (Wildman–Crippen MR) is 54.3 cm³/mol. The fourth-order valence-electron chi connectivity index (χ4n) is 2.46. The Labute approximate surface area is 76.9 Å². The van der Waals surface area contributed by atoms with Crippen LogP contribution in [0.25, 0.3) is 0 Å². The van der Waals surface area contributed by atoms with Crippen molar-refractivity contribution in [3.8, 4) is 0 Å². The molecule has 1 fully saturated rings. The number of nitrogens with one attached hydrogen (secondary N) is 1. The van der Waals surface area contributed by atoms with Gasteiger partial charge in [0.15, 0.2) is 0 Å². The molecule has 1 heteroatoms. The second-order valence-corrected chi connectivity index (χ2v) is 4.04. The van der Waals surface area contributed by atoms with Crippen LogP contribution < -0.4 is 5.32 Å². The molecule has 1 N–H and O–H groups in total. The van der Waals surface area contributed by atoms with Gasteiger partial charge in [-0.2, -0.15) is 0 Å². The third-order valence-electron chi connectivity index (χ3n) is 3.23. The molecule has 1 aliphatic rings. The van der Waals surface area contributed by atoms with Crippen LogP contribution in [-0.4, -0.2) is 13.1 Å². The Morgan fingerprint density at radius 2 is 1.92 bits per heavy atom. The molecule has 1 nitrogen and oxygen atoms in total. The summed E-state index contributed by atoms with van der Waals surface area (Å²) in [6.07, 6.45) is 7.03. The molecule has 0 radical (unpaired) electrons. The summed E-state index contributed by atoms with van der Waals surface area (Å²) in [4.78, 5) is 0. The van der Waals surface area contributed by atoms with Gasteiger partial charge in [0.1, 0.15) is 0 Å². The van der Waals surface area contributed by atoms with Crippen molar-refractivity contribution in [1.82, 2.24) is 5.32 Å². The minimum Gasteiger partial charge on any atom is -0.317 e. The second-order valence-electron chi connectivity index (χ2n) is 4.04. The van der Waals surface area contributed by atoms with Crippen LogP contribution in [0.2, 0.25) is 0 Å². The number of piperidine rings is 1. The zero-order valence-corrected chi connectivity index (χ0v) is 8.60. The summed E-state index contributed by atoms with van der Waals surface area (Å²) >= 11 is 0. The van der Waals surface area contributed by atoms with E-state index in [2.05, 4.69) is 19.2 Å². The van der Waals surface area contributed by atoms with Gasteiger partial charge in [-0.05, 0) is 37.8 Å². The Bertz CT molecular complexity index is 103. The Kier molecular flexibility index (Phi) is 4.67. The molecule has 0 aliphatic carbocycles. The van der Waals surface area contributed by atoms with Crippen molar-refractivity contribution in [3.63, 3.8) is 0 Å². The molecule has 0 bridgehead atoms. The average Bonchev–Trinajstić information content (AvgIpc) is 2.15. The fourth-order valence-corrected chi connectivity index (χ4v) is 2.46. The Hall–Kier alpha value is -0.0400. The van der Waals surface area contributed by atoms with Gasteiger partial charge in [0, 0.05) is 0 Å². The summed E-state index contributed by atoms with van der Waals surface area (Å²) in [6.45, 7) is 7.17. The maximum absolute atomic E-state index is 3.44. The maximum atomic E-state index is 3.44. The van der Waals surface area contributed by atoms with Crippen molar-refractivity contribution in [1.29, 1.82) is 0 Å². The maximum Gasteiger partial charge on any atom is -0.00462 e. The Morgan fingerprint density at radius 3 is 2.42 bits per heavy atom. The molecule has 1 rings (SSSR count). The molecule has 0 aromatic heterocycles. The molecular weight excluding hydrogens is 146 g/mol. The minimum atomic E-state index is 1.01. The van der Waals surface area contributed by atoms with Crippen LogP contribution in [0.5, 0.6) is 0 Å². The highest BCUT2D eigenvalue weighted by Crippen LogP contribution is 2.28. The monoisotopic (exact) mass is 169 g/mol. The molecule has 1 atom stereocenters. The molecular formula is C11H23N. The van der Waals surface area contributed by atoms with E-state index in [0.717, 1.165) is 11.8 Å². The van der Waals surface area contributed by atoms with E-state index in [9.17, 15) is 0 Å². The van der Waals surface area contributed by atoms with E-state index in [4.69, 9.17) is 0 Å². The van der Waals surface area contributed by atoms with Crippen LogP contribution in [0, 0.1) is 11.8 Å². The average molecular weight is 169 g/mol. The van der Waals surface area contributed by atoms with E-state index in [1.165, 1.54) is 45.2 Å².